The van der Waals surface area contributed by atoms with Gasteiger partial charge in [-0.2, -0.15) is 0 Å². The summed E-state index contributed by atoms with van der Waals surface area (Å²) in [6, 6.07) is 7.05. The molecule has 0 aromatic heterocycles. The number of anilines is 1. The summed E-state index contributed by atoms with van der Waals surface area (Å²) in [4.78, 5) is 2.38. The van der Waals surface area contributed by atoms with Crippen molar-refractivity contribution in [1.29, 1.82) is 0 Å². The van der Waals surface area contributed by atoms with E-state index in [0.717, 1.165) is 24.1 Å². The van der Waals surface area contributed by atoms with Crippen molar-refractivity contribution in [2.24, 2.45) is 0 Å². The standard InChI is InChI=1S/C15H23BrN2O/c1-2-17-11-12-10-13(16)6-7-15(12)18(8-9-19)14-4-3-5-14/h6-7,10,14,17,19H,2-5,8-9,11H2,1H3. The Labute approximate surface area is 124 Å². The highest BCUT2D eigenvalue weighted by atomic mass is 79.9. The third-order valence-electron chi connectivity index (χ3n) is 3.77. The Bertz CT molecular complexity index is 407. The van der Waals surface area contributed by atoms with E-state index in [1.807, 2.05) is 0 Å². The number of aliphatic hydroxyl groups is 1. The van der Waals surface area contributed by atoms with E-state index in [0.29, 0.717) is 6.04 Å². The second-order valence-corrected chi connectivity index (χ2v) is 5.97. The lowest BCUT2D eigenvalue weighted by atomic mass is 9.90. The molecule has 1 aliphatic carbocycles. The average molecular weight is 327 g/mol. The lowest BCUT2D eigenvalue weighted by Crippen LogP contribution is -2.42. The first-order valence-corrected chi connectivity index (χ1v) is 7.92. The third kappa shape index (κ3) is 3.71. The van der Waals surface area contributed by atoms with Crippen molar-refractivity contribution < 1.29 is 5.11 Å². The fourth-order valence-corrected chi connectivity index (χ4v) is 2.95. The van der Waals surface area contributed by atoms with Gasteiger partial charge in [0, 0.05) is 29.3 Å². The zero-order valence-electron chi connectivity index (χ0n) is 11.5. The van der Waals surface area contributed by atoms with E-state index >= 15 is 0 Å². The van der Waals surface area contributed by atoms with Crippen LogP contribution in [0.25, 0.3) is 0 Å². The number of halogens is 1. The number of rotatable bonds is 7. The molecule has 0 heterocycles. The minimum atomic E-state index is 0.215. The molecular formula is C15H23BrN2O. The maximum Gasteiger partial charge on any atom is 0.0606 e. The van der Waals surface area contributed by atoms with Crippen LogP contribution < -0.4 is 10.2 Å². The first-order chi connectivity index (χ1) is 9.26. The van der Waals surface area contributed by atoms with Gasteiger partial charge in [0.1, 0.15) is 0 Å². The van der Waals surface area contributed by atoms with Crippen LogP contribution in [0.5, 0.6) is 0 Å². The molecule has 19 heavy (non-hydrogen) atoms. The molecule has 106 valence electrons. The maximum atomic E-state index is 9.32. The van der Waals surface area contributed by atoms with E-state index in [1.54, 1.807) is 0 Å². The number of benzene rings is 1. The Balaban J connectivity index is 2.23. The summed E-state index contributed by atoms with van der Waals surface area (Å²) < 4.78 is 1.11. The Kier molecular flexibility index (Phi) is 5.67. The van der Waals surface area contributed by atoms with Crippen molar-refractivity contribution >= 4 is 21.6 Å². The predicted molar refractivity (Wildman–Crippen MR) is 83.6 cm³/mol. The smallest absolute Gasteiger partial charge is 0.0606 e. The summed E-state index contributed by atoms with van der Waals surface area (Å²) in [5.41, 5.74) is 2.57. The van der Waals surface area contributed by atoms with E-state index in [1.165, 1.54) is 30.5 Å². The van der Waals surface area contributed by atoms with Crippen molar-refractivity contribution in [2.75, 3.05) is 24.6 Å². The number of hydrogen-bond acceptors (Lipinski definition) is 3. The molecule has 0 radical (unpaired) electrons. The topological polar surface area (TPSA) is 35.5 Å². The molecule has 2 rings (SSSR count). The summed E-state index contributed by atoms with van der Waals surface area (Å²) in [5.74, 6) is 0. The average Bonchev–Trinajstić information content (AvgIpc) is 2.34. The highest BCUT2D eigenvalue weighted by Gasteiger charge is 2.26. The van der Waals surface area contributed by atoms with Crippen LogP contribution in [-0.4, -0.2) is 30.8 Å². The highest BCUT2D eigenvalue weighted by molar-refractivity contribution is 9.10. The van der Waals surface area contributed by atoms with Gasteiger partial charge in [0.15, 0.2) is 0 Å². The summed E-state index contributed by atoms with van der Waals surface area (Å²) in [7, 11) is 0. The molecule has 0 saturated heterocycles. The van der Waals surface area contributed by atoms with Gasteiger partial charge in [-0.05, 0) is 49.6 Å². The van der Waals surface area contributed by atoms with Crippen LogP contribution in [0.15, 0.2) is 22.7 Å². The van der Waals surface area contributed by atoms with Gasteiger partial charge in [0.25, 0.3) is 0 Å². The highest BCUT2D eigenvalue weighted by Crippen LogP contribution is 2.32. The van der Waals surface area contributed by atoms with E-state index in [4.69, 9.17) is 0 Å². The molecular weight excluding hydrogens is 304 g/mol. The minimum absolute atomic E-state index is 0.215. The summed E-state index contributed by atoms with van der Waals surface area (Å²) >= 11 is 3.55. The van der Waals surface area contributed by atoms with Gasteiger partial charge in [-0.15, -0.1) is 0 Å². The Morgan fingerprint density at radius 3 is 2.79 bits per heavy atom. The van der Waals surface area contributed by atoms with Crippen LogP contribution in [-0.2, 0) is 6.54 Å². The summed E-state index contributed by atoms with van der Waals surface area (Å²) in [6.07, 6.45) is 3.80. The van der Waals surface area contributed by atoms with E-state index < -0.39 is 0 Å². The quantitative estimate of drug-likeness (QED) is 0.808. The van der Waals surface area contributed by atoms with Crippen molar-refractivity contribution in [3.05, 3.63) is 28.2 Å². The molecule has 0 spiro atoms. The molecule has 1 aromatic rings. The Hall–Kier alpha value is -0.580. The number of aliphatic hydroxyl groups excluding tert-OH is 1. The SMILES string of the molecule is CCNCc1cc(Br)ccc1N(CCO)C1CCC1. The van der Waals surface area contributed by atoms with Crippen LogP contribution in [0, 0.1) is 0 Å². The maximum absolute atomic E-state index is 9.32. The Morgan fingerprint density at radius 1 is 1.42 bits per heavy atom. The van der Waals surface area contributed by atoms with Crippen LogP contribution in [0.3, 0.4) is 0 Å². The minimum Gasteiger partial charge on any atom is -0.395 e. The van der Waals surface area contributed by atoms with Gasteiger partial charge in [-0.25, -0.2) is 0 Å². The monoisotopic (exact) mass is 326 g/mol. The number of nitrogens with zero attached hydrogens (tertiary/aromatic N) is 1. The van der Waals surface area contributed by atoms with Gasteiger partial charge in [-0.1, -0.05) is 22.9 Å². The van der Waals surface area contributed by atoms with Gasteiger partial charge in [0.05, 0.1) is 6.61 Å². The van der Waals surface area contributed by atoms with E-state index in [9.17, 15) is 5.11 Å². The third-order valence-corrected chi connectivity index (χ3v) is 4.27. The zero-order chi connectivity index (χ0) is 13.7. The van der Waals surface area contributed by atoms with Crippen molar-refractivity contribution in [3.8, 4) is 0 Å². The van der Waals surface area contributed by atoms with Crippen LogP contribution in [0.2, 0.25) is 0 Å². The molecule has 1 saturated carbocycles. The zero-order valence-corrected chi connectivity index (χ0v) is 13.1. The molecule has 0 bridgehead atoms. The van der Waals surface area contributed by atoms with Crippen molar-refractivity contribution in [2.45, 2.75) is 38.8 Å². The van der Waals surface area contributed by atoms with E-state index in [2.05, 4.69) is 51.3 Å². The normalized spacial score (nSPS) is 15.3. The van der Waals surface area contributed by atoms with Gasteiger partial charge in [0.2, 0.25) is 0 Å². The molecule has 1 aliphatic rings. The van der Waals surface area contributed by atoms with Gasteiger partial charge in [-0.3, -0.25) is 0 Å². The molecule has 4 heteroatoms. The molecule has 0 amide bonds. The van der Waals surface area contributed by atoms with Crippen LogP contribution >= 0.6 is 15.9 Å². The molecule has 3 nitrogen and oxygen atoms in total. The second-order valence-electron chi connectivity index (χ2n) is 5.06. The molecule has 1 fully saturated rings. The molecule has 1 aromatic carbocycles. The summed E-state index contributed by atoms with van der Waals surface area (Å²) in [5, 5.41) is 12.7. The fourth-order valence-electron chi connectivity index (χ4n) is 2.54. The van der Waals surface area contributed by atoms with E-state index in [-0.39, 0.29) is 6.61 Å². The Morgan fingerprint density at radius 2 is 2.21 bits per heavy atom. The van der Waals surface area contributed by atoms with Gasteiger partial charge >= 0.3 is 0 Å². The van der Waals surface area contributed by atoms with Crippen molar-refractivity contribution in [1.82, 2.24) is 5.32 Å². The predicted octanol–water partition coefficient (Wildman–Crippen LogP) is 2.91. The lowest BCUT2D eigenvalue weighted by Gasteiger charge is -2.40. The number of nitrogens with one attached hydrogen (secondary N) is 1. The molecule has 0 aliphatic heterocycles. The first-order valence-electron chi connectivity index (χ1n) is 7.13. The fraction of sp³-hybridized carbons (Fsp3) is 0.600. The molecule has 2 N–H and O–H groups in total. The van der Waals surface area contributed by atoms with Crippen molar-refractivity contribution in [3.63, 3.8) is 0 Å². The molecule has 0 atom stereocenters. The van der Waals surface area contributed by atoms with Crippen LogP contribution in [0.4, 0.5) is 5.69 Å². The lowest BCUT2D eigenvalue weighted by molar-refractivity contribution is 0.283. The largest absolute Gasteiger partial charge is 0.395 e. The number of hydrogen-bond donors (Lipinski definition) is 2. The first kappa shape index (κ1) is 14.8. The second kappa shape index (κ2) is 7.27. The molecule has 0 unspecified atom stereocenters. The van der Waals surface area contributed by atoms with Crippen LogP contribution in [0.1, 0.15) is 31.7 Å². The van der Waals surface area contributed by atoms with Gasteiger partial charge < -0.3 is 15.3 Å². The summed E-state index contributed by atoms with van der Waals surface area (Å²) in [6.45, 7) is 4.91.